The van der Waals surface area contributed by atoms with E-state index in [-0.39, 0.29) is 0 Å². The van der Waals surface area contributed by atoms with Crippen molar-refractivity contribution in [2.24, 2.45) is 17.8 Å². The first kappa shape index (κ1) is 13.9. The number of carbonyl (C=O) groups excluding carboxylic acids is 1. The van der Waals surface area contributed by atoms with Gasteiger partial charge in [0.2, 0.25) is 5.91 Å². The predicted molar refractivity (Wildman–Crippen MR) is 80.4 cm³/mol. The molecule has 0 aromatic heterocycles. The fraction of sp³-hybridized carbons (Fsp3) is 0.933. The van der Waals surface area contributed by atoms with Gasteiger partial charge in [0.15, 0.2) is 0 Å². The average molecular weight is 329 g/mol. The molecule has 108 valence electrons. The number of hydrogen-bond donors (Lipinski definition) is 0. The molecule has 1 saturated heterocycles. The van der Waals surface area contributed by atoms with E-state index in [4.69, 9.17) is 0 Å². The summed E-state index contributed by atoms with van der Waals surface area (Å²) in [7, 11) is 0. The molecular formula is C15H25BrN2O. The Balaban J connectivity index is 1.53. The lowest BCUT2D eigenvalue weighted by molar-refractivity contribution is -0.133. The Bertz CT molecular complexity index is 324. The highest BCUT2D eigenvalue weighted by molar-refractivity contribution is 9.09. The topological polar surface area (TPSA) is 23.6 Å². The van der Waals surface area contributed by atoms with Crippen LogP contribution in [0.3, 0.4) is 0 Å². The lowest BCUT2D eigenvalue weighted by Crippen LogP contribution is -2.37. The maximum absolute atomic E-state index is 12.6. The van der Waals surface area contributed by atoms with Gasteiger partial charge in [-0.3, -0.25) is 4.79 Å². The lowest BCUT2D eigenvalue weighted by Gasteiger charge is -2.21. The monoisotopic (exact) mass is 328 g/mol. The molecule has 0 spiro atoms. The second kappa shape index (κ2) is 6.13. The molecule has 1 heterocycles. The maximum atomic E-state index is 12.6. The lowest BCUT2D eigenvalue weighted by atomic mass is 10.0. The van der Waals surface area contributed by atoms with Gasteiger partial charge >= 0.3 is 0 Å². The fourth-order valence-electron chi connectivity index (χ4n) is 4.10. The molecule has 0 radical (unpaired) electrons. The smallest absolute Gasteiger partial charge is 0.226 e. The highest BCUT2D eigenvalue weighted by Crippen LogP contribution is 2.56. The van der Waals surface area contributed by atoms with Gasteiger partial charge in [-0.25, -0.2) is 0 Å². The Morgan fingerprint density at radius 2 is 1.74 bits per heavy atom. The quantitative estimate of drug-likeness (QED) is 0.742. The zero-order valence-electron chi connectivity index (χ0n) is 11.7. The molecule has 0 bridgehead atoms. The van der Waals surface area contributed by atoms with E-state index in [1.807, 2.05) is 0 Å². The van der Waals surface area contributed by atoms with E-state index in [1.165, 1.54) is 25.7 Å². The molecule has 19 heavy (non-hydrogen) atoms. The van der Waals surface area contributed by atoms with Crippen molar-refractivity contribution in [3.8, 4) is 0 Å². The second-order valence-electron chi connectivity index (χ2n) is 6.35. The Kier molecular flexibility index (Phi) is 4.47. The number of halogens is 1. The summed E-state index contributed by atoms with van der Waals surface area (Å²) >= 11 is 3.51. The summed E-state index contributed by atoms with van der Waals surface area (Å²) in [6, 6.07) is 0. The van der Waals surface area contributed by atoms with Crippen LogP contribution in [0.25, 0.3) is 0 Å². The van der Waals surface area contributed by atoms with E-state index in [0.29, 0.717) is 11.8 Å². The Hall–Kier alpha value is -0.0900. The summed E-state index contributed by atoms with van der Waals surface area (Å²) in [4.78, 5) is 17.3. The van der Waals surface area contributed by atoms with Crippen LogP contribution in [0.15, 0.2) is 0 Å². The number of carbonyl (C=O) groups is 1. The highest BCUT2D eigenvalue weighted by atomic mass is 79.9. The fourth-order valence-corrected chi connectivity index (χ4v) is 4.61. The third-order valence-corrected chi connectivity index (χ3v) is 5.60. The summed E-state index contributed by atoms with van der Waals surface area (Å²) in [5, 5.41) is 1.04. The second-order valence-corrected chi connectivity index (χ2v) is 7.14. The normalized spacial score (nSPS) is 35.6. The van der Waals surface area contributed by atoms with Gasteiger partial charge in [0, 0.05) is 37.4 Å². The van der Waals surface area contributed by atoms with Crippen molar-refractivity contribution < 1.29 is 4.79 Å². The van der Waals surface area contributed by atoms with Crippen molar-refractivity contribution in [3.05, 3.63) is 0 Å². The van der Waals surface area contributed by atoms with Crippen LogP contribution in [0, 0.1) is 17.8 Å². The average Bonchev–Trinajstić information content (AvgIpc) is 3.18. The number of alkyl halides is 1. The van der Waals surface area contributed by atoms with Crippen molar-refractivity contribution in [1.29, 1.82) is 0 Å². The maximum Gasteiger partial charge on any atom is 0.226 e. The molecule has 4 heteroatoms. The molecule has 0 aromatic carbocycles. The van der Waals surface area contributed by atoms with Crippen LogP contribution in [0.4, 0.5) is 0 Å². The molecule has 3 nitrogen and oxygen atoms in total. The standard InChI is InChI=1S/C15H25BrN2O/c16-6-9-17-7-3-8-18(11-10-17)15(19)14-12-4-1-2-5-13(12)14/h12-14H,1-11H2. The van der Waals surface area contributed by atoms with Crippen molar-refractivity contribution in [3.63, 3.8) is 0 Å². The summed E-state index contributed by atoms with van der Waals surface area (Å²) in [6.07, 6.45) is 6.46. The van der Waals surface area contributed by atoms with Crippen LogP contribution in [-0.4, -0.2) is 53.8 Å². The van der Waals surface area contributed by atoms with E-state index < -0.39 is 0 Å². The number of rotatable bonds is 3. The van der Waals surface area contributed by atoms with Gasteiger partial charge in [0.1, 0.15) is 0 Å². The van der Waals surface area contributed by atoms with Crippen LogP contribution in [0.5, 0.6) is 0 Å². The highest BCUT2D eigenvalue weighted by Gasteiger charge is 2.55. The number of nitrogens with zero attached hydrogens (tertiary/aromatic N) is 2. The molecule has 2 atom stereocenters. The van der Waals surface area contributed by atoms with E-state index in [9.17, 15) is 4.79 Å². The summed E-state index contributed by atoms with van der Waals surface area (Å²) in [5.74, 6) is 2.40. The minimum absolute atomic E-state index is 0.408. The molecule has 0 N–H and O–H groups in total. The van der Waals surface area contributed by atoms with E-state index in [1.54, 1.807) is 0 Å². The largest absolute Gasteiger partial charge is 0.341 e. The summed E-state index contributed by atoms with van der Waals surface area (Å²) in [6.45, 7) is 5.23. The molecule has 3 fully saturated rings. The molecule has 0 aromatic rings. The van der Waals surface area contributed by atoms with Gasteiger partial charge in [-0.15, -0.1) is 0 Å². The van der Waals surface area contributed by atoms with E-state index in [0.717, 1.165) is 56.3 Å². The molecule has 3 aliphatic rings. The van der Waals surface area contributed by atoms with Gasteiger partial charge in [0.25, 0.3) is 0 Å². The van der Waals surface area contributed by atoms with Gasteiger partial charge in [-0.1, -0.05) is 28.8 Å². The molecule has 2 aliphatic carbocycles. The van der Waals surface area contributed by atoms with Crippen molar-refractivity contribution >= 4 is 21.8 Å². The minimum atomic E-state index is 0.408. The van der Waals surface area contributed by atoms with Crippen molar-refractivity contribution in [2.75, 3.05) is 38.1 Å². The zero-order valence-corrected chi connectivity index (χ0v) is 13.3. The van der Waals surface area contributed by atoms with Gasteiger partial charge in [-0.05, 0) is 37.6 Å². The first-order chi connectivity index (χ1) is 9.31. The van der Waals surface area contributed by atoms with Crippen LogP contribution >= 0.6 is 15.9 Å². The number of amides is 1. The first-order valence-electron chi connectivity index (χ1n) is 7.88. The van der Waals surface area contributed by atoms with Crippen LogP contribution in [-0.2, 0) is 4.79 Å². The number of hydrogen-bond acceptors (Lipinski definition) is 2. The summed E-state index contributed by atoms with van der Waals surface area (Å²) < 4.78 is 0. The molecule has 1 amide bonds. The molecule has 2 saturated carbocycles. The molecular weight excluding hydrogens is 304 g/mol. The number of fused-ring (bicyclic) bond motifs is 1. The van der Waals surface area contributed by atoms with Crippen LogP contribution in [0.2, 0.25) is 0 Å². The van der Waals surface area contributed by atoms with E-state index >= 15 is 0 Å². The van der Waals surface area contributed by atoms with Gasteiger partial charge < -0.3 is 9.80 Å². The van der Waals surface area contributed by atoms with Crippen molar-refractivity contribution in [1.82, 2.24) is 9.80 Å². The zero-order chi connectivity index (χ0) is 13.2. The van der Waals surface area contributed by atoms with E-state index in [2.05, 4.69) is 25.7 Å². The van der Waals surface area contributed by atoms with Gasteiger partial charge in [0.05, 0.1) is 0 Å². The first-order valence-corrected chi connectivity index (χ1v) is 9.00. The Morgan fingerprint density at radius 3 is 2.42 bits per heavy atom. The van der Waals surface area contributed by atoms with Crippen molar-refractivity contribution in [2.45, 2.75) is 32.1 Å². The van der Waals surface area contributed by atoms with Gasteiger partial charge in [-0.2, -0.15) is 0 Å². The molecule has 3 rings (SSSR count). The Labute approximate surface area is 124 Å². The Morgan fingerprint density at radius 1 is 1.00 bits per heavy atom. The summed E-state index contributed by atoms with van der Waals surface area (Å²) in [5.41, 5.74) is 0. The third kappa shape index (κ3) is 2.99. The molecule has 1 aliphatic heterocycles. The van der Waals surface area contributed by atoms with Crippen LogP contribution < -0.4 is 0 Å². The minimum Gasteiger partial charge on any atom is -0.341 e. The van der Waals surface area contributed by atoms with Crippen LogP contribution in [0.1, 0.15) is 32.1 Å². The molecule has 2 unspecified atom stereocenters. The predicted octanol–water partition coefficient (Wildman–Crippen LogP) is 2.35. The third-order valence-electron chi connectivity index (χ3n) is 5.24. The SMILES string of the molecule is O=C(C1C2CCCCC21)N1CCCN(CCBr)CC1.